The SMILES string of the molecule is CCCC(=O)[Si](C)(C)OCC. The van der Waals surface area contributed by atoms with Gasteiger partial charge in [0.25, 0.3) is 8.32 Å². The van der Waals surface area contributed by atoms with Crippen LogP contribution in [-0.2, 0) is 9.22 Å². The van der Waals surface area contributed by atoms with Gasteiger partial charge in [-0.15, -0.1) is 0 Å². The zero-order chi connectivity index (χ0) is 8.91. The quantitative estimate of drug-likeness (QED) is 0.597. The van der Waals surface area contributed by atoms with Crippen LogP contribution in [0.5, 0.6) is 0 Å². The van der Waals surface area contributed by atoms with Crippen molar-refractivity contribution in [3.8, 4) is 0 Å². The van der Waals surface area contributed by atoms with Gasteiger partial charge in [0.1, 0.15) is 5.41 Å². The summed E-state index contributed by atoms with van der Waals surface area (Å²) < 4.78 is 5.43. The molecule has 0 aromatic rings. The van der Waals surface area contributed by atoms with E-state index in [0.29, 0.717) is 18.4 Å². The molecule has 0 saturated carbocycles. The summed E-state index contributed by atoms with van der Waals surface area (Å²) in [7, 11) is -1.97. The van der Waals surface area contributed by atoms with Crippen LogP contribution in [0.4, 0.5) is 0 Å². The van der Waals surface area contributed by atoms with Crippen LogP contribution < -0.4 is 0 Å². The lowest BCUT2D eigenvalue weighted by Crippen LogP contribution is -2.40. The molecule has 0 amide bonds. The average Bonchev–Trinajstić information content (AvgIpc) is 1.88. The summed E-state index contributed by atoms with van der Waals surface area (Å²) in [6.45, 7) is 8.56. The van der Waals surface area contributed by atoms with Crippen molar-refractivity contribution in [2.24, 2.45) is 0 Å². The van der Waals surface area contributed by atoms with Gasteiger partial charge in [0.15, 0.2) is 0 Å². The summed E-state index contributed by atoms with van der Waals surface area (Å²) in [6.07, 6.45) is 1.61. The fraction of sp³-hybridized carbons (Fsp3) is 0.875. The van der Waals surface area contributed by atoms with Crippen molar-refractivity contribution in [1.82, 2.24) is 0 Å². The first-order valence-corrected chi connectivity index (χ1v) is 7.12. The molecule has 66 valence electrons. The van der Waals surface area contributed by atoms with Gasteiger partial charge < -0.3 is 9.22 Å². The lowest BCUT2D eigenvalue weighted by Gasteiger charge is -2.19. The van der Waals surface area contributed by atoms with Gasteiger partial charge in [0.2, 0.25) is 0 Å². The second-order valence-corrected chi connectivity index (χ2v) is 6.98. The van der Waals surface area contributed by atoms with E-state index in [2.05, 4.69) is 0 Å². The van der Waals surface area contributed by atoms with Crippen LogP contribution in [0, 0.1) is 0 Å². The molecule has 0 spiro atoms. The molecule has 0 unspecified atom stereocenters. The highest BCUT2D eigenvalue weighted by molar-refractivity contribution is 6.99. The molecule has 0 fully saturated rings. The summed E-state index contributed by atoms with van der Waals surface area (Å²) >= 11 is 0. The van der Waals surface area contributed by atoms with E-state index in [4.69, 9.17) is 4.43 Å². The minimum Gasteiger partial charge on any atom is -0.410 e. The topological polar surface area (TPSA) is 26.3 Å². The van der Waals surface area contributed by atoms with E-state index in [1.165, 1.54) is 0 Å². The Balaban J connectivity index is 3.94. The maximum Gasteiger partial charge on any atom is 0.258 e. The van der Waals surface area contributed by atoms with Crippen LogP contribution in [0.1, 0.15) is 26.7 Å². The van der Waals surface area contributed by atoms with Crippen LogP contribution in [0.3, 0.4) is 0 Å². The molecule has 0 aliphatic heterocycles. The minimum absolute atomic E-state index is 0.335. The fourth-order valence-electron chi connectivity index (χ4n) is 0.969. The van der Waals surface area contributed by atoms with Crippen LogP contribution in [0.2, 0.25) is 13.1 Å². The standard InChI is InChI=1S/C8H18O2Si/c1-5-7-8(9)11(3,4)10-6-2/h5-7H2,1-4H3. The predicted molar refractivity (Wildman–Crippen MR) is 49.0 cm³/mol. The number of carbonyl (C=O) groups is 1. The molecule has 0 saturated heterocycles. The van der Waals surface area contributed by atoms with Gasteiger partial charge in [0, 0.05) is 13.0 Å². The predicted octanol–water partition coefficient (Wildman–Crippen LogP) is 2.14. The Labute approximate surface area is 70.1 Å². The summed E-state index contributed by atoms with van der Waals surface area (Å²) in [4.78, 5) is 11.4. The molecule has 0 heterocycles. The molecule has 0 radical (unpaired) electrons. The van der Waals surface area contributed by atoms with Gasteiger partial charge in [-0.05, 0) is 26.4 Å². The first-order valence-electron chi connectivity index (χ1n) is 4.21. The Morgan fingerprint density at radius 1 is 1.36 bits per heavy atom. The van der Waals surface area contributed by atoms with Crippen molar-refractivity contribution in [3.05, 3.63) is 0 Å². The van der Waals surface area contributed by atoms with Crippen molar-refractivity contribution < 1.29 is 9.22 Å². The van der Waals surface area contributed by atoms with Crippen LogP contribution in [0.15, 0.2) is 0 Å². The highest BCUT2D eigenvalue weighted by atomic mass is 28.4. The zero-order valence-corrected chi connectivity index (χ0v) is 8.94. The number of hydrogen-bond acceptors (Lipinski definition) is 2. The minimum atomic E-state index is -1.97. The van der Waals surface area contributed by atoms with Crippen molar-refractivity contribution in [2.45, 2.75) is 39.8 Å². The second-order valence-electron chi connectivity index (χ2n) is 3.12. The molecule has 0 aromatic heterocycles. The highest BCUT2D eigenvalue weighted by Gasteiger charge is 2.30. The third kappa shape index (κ3) is 3.67. The summed E-state index contributed by atoms with van der Waals surface area (Å²) in [5.74, 6) is 0. The summed E-state index contributed by atoms with van der Waals surface area (Å²) in [6, 6.07) is 0. The Bertz CT molecular complexity index is 132. The van der Waals surface area contributed by atoms with Gasteiger partial charge in [-0.1, -0.05) is 6.92 Å². The monoisotopic (exact) mass is 174 g/mol. The molecule has 11 heavy (non-hydrogen) atoms. The molecular weight excluding hydrogens is 156 g/mol. The van der Waals surface area contributed by atoms with E-state index in [9.17, 15) is 4.79 Å². The number of hydrogen-bond donors (Lipinski definition) is 0. The maximum absolute atomic E-state index is 11.4. The largest absolute Gasteiger partial charge is 0.410 e. The third-order valence-corrected chi connectivity index (χ3v) is 4.26. The zero-order valence-electron chi connectivity index (χ0n) is 7.94. The molecule has 0 aliphatic carbocycles. The van der Waals surface area contributed by atoms with Crippen LogP contribution >= 0.6 is 0 Å². The van der Waals surface area contributed by atoms with Crippen LogP contribution in [0.25, 0.3) is 0 Å². The molecular formula is C8H18O2Si. The van der Waals surface area contributed by atoms with Gasteiger partial charge >= 0.3 is 0 Å². The normalized spacial score (nSPS) is 11.6. The molecule has 0 atom stereocenters. The molecule has 0 N–H and O–H groups in total. The van der Waals surface area contributed by atoms with Crippen molar-refractivity contribution >= 4 is 13.7 Å². The Morgan fingerprint density at radius 2 is 1.91 bits per heavy atom. The first kappa shape index (κ1) is 10.8. The van der Waals surface area contributed by atoms with Gasteiger partial charge in [-0.25, -0.2) is 0 Å². The molecule has 3 heteroatoms. The number of carbonyl (C=O) groups excluding carboxylic acids is 1. The van der Waals surface area contributed by atoms with E-state index in [-0.39, 0.29) is 0 Å². The average molecular weight is 174 g/mol. The first-order chi connectivity index (χ1) is 5.04. The summed E-state index contributed by atoms with van der Waals surface area (Å²) in [5, 5.41) is 0.335. The molecule has 2 nitrogen and oxygen atoms in total. The second kappa shape index (κ2) is 4.67. The lowest BCUT2D eigenvalue weighted by molar-refractivity contribution is -0.113. The van der Waals surface area contributed by atoms with Crippen molar-refractivity contribution in [2.75, 3.05) is 6.61 Å². The fourth-order valence-corrected chi connectivity index (χ4v) is 2.70. The Hall–Kier alpha value is -0.153. The molecule has 0 bridgehead atoms. The van der Waals surface area contributed by atoms with E-state index >= 15 is 0 Å². The van der Waals surface area contributed by atoms with E-state index in [0.717, 1.165) is 6.42 Å². The summed E-state index contributed by atoms with van der Waals surface area (Å²) in [5.41, 5.74) is 0. The smallest absolute Gasteiger partial charge is 0.258 e. The molecule has 0 rings (SSSR count). The van der Waals surface area contributed by atoms with Crippen LogP contribution in [-0.4, -0.2) is 20.3 Å². The Morgan fingerprint density at radius 3 is 2.27 bits per heavy atom. The van der Waals surface area contributed by atoms with E-state index in [1.54, 1.807) is 0 Å². The molecule has 0 aliphatic rings. The van der Waals surface area contributed by atoms with E-state index < -0.39 is 8.32 Å². The van der Waals surface area contributed by atoms with Crippen molar-refractivity contribution in [3.63, 3.8) is 0 Å². The van der Waals surface area contributed by atoms with Gasteiger partial charge in [-0.2, -0.15) is 0 Å². The highest BCUT2D eigenvalue weighted by Crippen LogP contribution is 2.09. The van der Waals surface area contributed by atoms with Gasteiger partial charge in [0.05, 0.1) is 0 Å². The maximum atomic E-state index is 11.4. The lowest BCUT2D eigenvalue weighted by atomic mass is 10.4. The van der Waals surface area contributed by atoms with E-state index in [1.807, 2.05) is 26.9 Å². The molecule has 0 aromatic carbocycles. The van der Waals surface area contributed by atoms with Gasteiger partial charge in [-0.3, -0.25) is 0 Å². The third-order valence-electron chi connectivity index (χ3n) is 1.65. The number of rotatable bonds is 5. The van der Waals surface area contributed by atoms with Crippen molar-refractivity contribution in [1.29, 1.82) is 0 Å². The Kier molecular flexibility index (Phi) is 4.60.